The van der Waals surface area contributed by atoms with E-state index in [1.54, 1.807) is 19.1 Å². The molecule has 2 saturated heterocycles. The molecule has 4 heterocycles. The molecule has 0 aromatic rings. The zero-order valence-corrected chi connectivity index (χ0v) is 22.9. The Bertz CT molecular complexity index is 994. The number of carbonyl (C=O) groups is 3. The van der Waals surface area contributed by atoms with E-state index in [-0.39, 0.29) is 36.4 Å². The van der Waals surface area contributed by atoms with Gasteiger partial charge in [0.25, 0.3) is 0 Å². The van der Waals surface area contributed by atoms with Crippen molar-refractivity contribution in [3.05, 3.63) is 24.3 Å². The number of fused-ring (bicyclic) bond motifs is 2. The lowest BCUT2D eigenvalue weighted by Gasteiger charge is -2.46. The number of hydrogen-bond donors (Lipinski definition) is 1. The standard InChI is InChI=1S/C28H42N2O6/c1-17(2)18(15-31)30-21-23(33)29(26(6,7)16-25(3,4)5)13-9-12-28(21)19(22(30)32)20-24(34)35-14-10-11-27(20,8)36-28/h9-12,17-21,31H,13-16H2,1-8H3/t18-,19-,20+,21?,27-,28-/m0/s1. The maximum absolute atomic E-state index is 14.6. The first-order valence-corrected chi connectivity index (χ1v) is 13.1. The van der Waals surface area contributed by atoms with E-state index in [1.165, 1.54) is 4.90 Å². The number of aliphatic hydroxyl groups is 1. The van der Waals surface area contributed by atoms with Crippen LogP contribution in [-0.2, 0) is 23.9 Å². The van der Waals surface area contributed by atoms with Gasteiger partial charge in [-0.25, -0.2) is 0 Å². The van der Waals surface area contributed by atoms with Crippen molar-refractivity contribution >= 4 is 17.8 Å². The third-order valence-corrected chi connectivity index (χ3v) is 8.26. The van der Waals surface area contributed by atoms with Gasteiger partial charge >= 0.3 is 5.97 Å². The summed E-state index contributed by atoms with van der Waals surface area (Å²) < 4.78 is 12.2. The van der Waals surface area contributed by atoms with E-state index in [9.17, 15) is 19.5 Å². The molecule has 0 bridgehead atoms. The predicted octanol–water partition coefficient (Wildman–Crippen LogP) is 2.70. The van der Waals surface area contributed by atoms with Gasteiger partial charge in [-0.15, -0.1) is 0 Å². The minimum Gasteiger partial charge on any atom is -0.461 e. The van der Waals surface area contributed by atoms with Gasteiger partial charge in [0.15, 0.2) is 0 Å². The largest absolute Gasteiger partial charge is 0.461 e. The van der Waals surface area contributed by atoms with Crippen LogP contribution in [0.15, 0.2) is 24.3 Å². The topological polar surface area (TPSA) is 96.4 Å². The van der Waals surface area contributed by atoms with Crippen LogP contribution in [0.1, 0.15) is 61.8 Å². The number of ether oxygens (including phenoxy) is 2. The van der Waals surface area contributed by atoms with Crippen molar-refractivity contribution in [2.75, 3.05) is 19.8 Å². The predicted molar refractivity (Wildman–Crippen MR) is 135 cm³/mol. The molecular formula is C28H42N2O6. The second-order valence-electron chi connectivity index (χ2n) is 13.2. The van der Waals surface area contributed by atoms with E-state index in [1.807, 2.05) is 44.7 Å². The Kier molecular flexibility index (Phi) is 6.48. The Morgan fingerprint density at radius 2 is 1.72 bits per heavy atom. The first-order valence-electron chi connectivity index (χ1n) is 13.1. The van der Waals surface area contributed by atoms with Crippen molar-refractivity contribution < 1.29 is 29.0 Å². The number of cyclic esters (lactones) is 1. The van der Waals surface area contributed by atoms with Crippen molar-refractivity contribution in [1.82, 2.24) is 9.80 Å². The molecule has 6 atom stereocenters. The molecule has 1 N–H and O–H groups in total. The third kappa shape index (κ3) is 4.01. The first-order chi connectivity index (χ1) is 16.6. The Balaban J connectivity index is 1.90. The van der Waals surface area contributed by atoms with E-state index in [4.69, 9.17) is 9.47 Å². The number of esters is 1. The summed E-state index contributed by atoms with van der Waals surface area (Å²) in [5.41, 5.74) is -2.97. The van der Waals surface area contributed by atoms with Gasteiger partial charge in [0.1, 0.15) is 24.2 Å². The second-order valence-corrected chi connectivity index (χ2v) is 13.2. The average molecular weight is 503 g/mol. The fraction of sp³-hybridized carbons (Fsp3) is 0.750. The molecule has 8 heteroatoms. The molecule has 200 valence electrons. The van der Waals surface area contributed by atoms with Crippen LogP contribution < -0.4 is 0 Å². The molecule has 0 radical (unpaired) electrons. The lowest BCUT2D eigenvalue weighted by molar-refractivity contribution is -0.162. The van der Waals surface area contributed by atoms with Crippen LogP contribution in [0.5, 0.6) is 0 Å². The van der Waals surface area contributed by atoms with Crippen LogP contribution in [0, 0.1) is 23.2 Å². The maximum atomic E-state index is 14.6. The normalized spacial score (nSPS) is 35.4. The summed E-state index contributed by atoms with van der Waals surface area (Å²) in [7, 11) is 0. The Morgan fingerprint density at radius 1 is 1.06 bits per heavy atom. The van der Waals surface area contributed by atoms with Crippen molar-refractivity contribution in [3.63, 3.8) is 0 Å². The molecule has 1 spiro atoms. The maximum Gasteiger partial charge on any atom is 0.313 e. The Hall–Kier alpha value is -2.19. The van der Waals surface area contributed by atoms with Crippen molar-refractivity contribution in [2.24, 2.45) is 23.2 Å². The number of rotatable bonds is 5. The lowest BCUT2D eigenvalue weighted by atomic mass is 9.74. The van der Waals surface area contributed by atoms with E-state index in [0.29, 0.717) is 6.54 Å². The molecule has 1 unspecified atom stereocenters. The fourth-order valence-electron chi connectivity index (χ4n) is 7.21. The van der Waals surface area contributed by atoms with Crippen LogP contribution in [0.3, 0.4) is 0 Å². The molecule has 4 rings (SSSR count). The molecule has 0 aromatic heterocycles. The molecule has 2 fully saturated rings. The van der Waals surface area contributed by atoms with Gasteiger partial charge in [-0.3, -0.25) is 14.4 Å². The molecular weight excluding hydrogens is 460 g/mol. The highest BCUT2D eigenvalue weighted by Crippen LogP contribution is 2.58. The highest BCUT2D eigenvalue weighted by molar-refractivity contribution is 5.99. The number of nitrogens with zero attached hydrogens (tertiary/aromatic N) is 2. The molecule has 4 aliphatic heterocycles. The smallest absolute Gasteiger partial charge is 0.313 e. The van der Waals surface area contributed by atoms with Crippen LogP contribution in [0.2, 0.25) is 0 Å². The molecule has 0 aliphatic carbocycles. The van der Waals surface area contributed by atoms with Gasteiger partial charge in [-0.1, -0.05) is 52.8 Å². The summed E-state index contributed by atoms with van der Waals surface area (Å²) in [6.07, 6.45) is 8.01. The van der Waals surface area contributed by atoms with Crippen LogP contribution in [0.25, 0.3) is 0 Å². The highest BCUT2D eigenvalue weighted by Gasteiger charge is 2.75. The van der Waals surface area contributed by atoms with Gasteiger partial charge in [-0.2, -0.15) is 0 Å². The summed E-state index contributed by atoms with van der Waals surface area (Å²) in [4.78, 5) is 45.4. The van der Waals surface area contributed by atoms with Crippen molar-refractivity contribution in [2.45, 2.75) is 90.6 Å². The molecule has 0 aromatic carbocycles. The molecule has 36 heavy (non-hydrogen) atoms. The number of hydrogen-bond acceptors (Lipinski definition) is 6. The molecule has 2 amide bonds. The quantitative estimate of drug-likeness (QED) is 0.459. The SMILES string of the molecule is CC(C)[C@H](CO)N1C(=O)[C@@H]2[C@@H]3C(=O)OCC=C[C@]3(C)O[C@@]23C=CCN(C(C)(C)CC(C)(C)C)C(=O)C13. The summed E-state index contributed by atoms with van der Waals surface area (Å²) in [6.45, 7) is 16.3. The van der Waals surface area contributed by atoms with Crippen molar-refractivity contribution in [1.29, 1.82) is 0 Å². The number of carbonyl (C=O) groups excluding carboxylic acids is 3. The van der Waals surface area contributed by atoms with Gasteiger partial charge in [0.2, 0.25) is 11.8 Å². The van der Waals surface area contributed by atoms with E-state index < -0.39 is 46.6 Å². The number of amides is 2. The minimum absolute atomic E-state index is 0.0319. The van der Waals surface area contributed by atoms with Gasteiger partial charge in [0.05, 0.1) is 24.2 Å². The van der Waals surface area contributed by atoms with E-state index >= 15 is 0 Å². The average Bonchev–Trinajstić information content (AvgIpc) is 2.97. The highest BCUT2D eigenvalue weighted by atomic mass is 16.6. The summed E-state index contributed by atoms with van der Waals surface area (Å²) in [6, 6.07) is -1.60. The first kappa shape index (κ1) is 26.9. The zero-order chi connectivity index (χ0) is 26.8. The second kappa shape index (κ2) is 8.69. The van der Waals surface area contributed by atoms with E-state index in [0.717, 1.165) is 6.42 Å². The third-order valence-electron chi connectivity index (χ3n) is 8.26. The zero-order valence-electron chi connectivity index (χ0n) is 22.9. The lowest BCUT2D eigenvalue weighted by Crippen LogP contribution is -2.62. The molecule has 0 saturated carbocycles. The molecule has 4 aliphatic rings. The number of likely N-dealkylation sites (tertiary alicyclic amines) is 1. The van der Waals surface area contributed by atoms with E-state index in [2.05, 4.69) is 20.8 Å². The Labute approximate surface area is 214 Å². The summed E-state index contributed by atoms with van der Waals surface area (Å²) in [5, 5.41) is 10.4. The Morgan fingerprint density at radius 3 is 2.31 bits per heavy atom. The van der Waals surface area contributed by atoms with Gasteiger partial charge < -0.3 is 24.4 Å². The van der Waals surface area contributed by atoms with Crippen LogP contribution >= 0.6 is 0 Å². The summed E-state index contributed by atoms with van der Waals surface area (Å²) in [5.74, 6) is -3.00. The molecule has 8 nitrogen and oxygen atoms in total. The van der Waals surface area contributed by atoms with Crippen molar-refractivity contribution in [3.8, 4) is 0 Å². The number of aliphatic hydroxyl groups excluding tert-OH is 1. The van der Waals surface area contributed by atoms with Gasteiger partial charge in [-0.05, 0) is 44.6 Å². The van der Waals surface area contributed by atoms with Crippen LogP contribution in [0.4, 0.5) is 0 Å². The summed E-state index contributed by atoms with van der Waals surface area (Å²) >= 11 is 0. The minimum atomic E-state index is -1.34. The van der Waals surface area contributed by atoms with Crippen LogP contribution in [-0.4, -0.2) is 81.3 Å². The fourth-order valence-corrected chi connectivity index (χ4v) is 7.21. The monoisotopic (exact) mass is 502 g/mol. The van der Waals surface area contributed by atoms with Gasteiger partial charge in [0, 0.05) is 12.1 Å².